The standard InChI is InChI=1S/C18H20N2O2/c1-14-5-4-6-15(13-14)18(22)20-11-9-19(10-12-20)16-7-2-3-8-17(16)21/h2-8,13,21H,9-12H2,1H3. The molecule has 1 aliphatic rings. The number of hydrogen-bond acceptors (Lipinski definition) is 3. The van der Waals surface area contributed by atoms with E-state index in [0.29, 0.717) is 18.8 Å². The summed E-state index contributed by atoms with van der Waals surface area (Å²) in [7, 11) is 0. The summed E-state index contributed by atoms with van der Waals surface area (Å²) in [5, 5.41) is 9.92. The Kier molecular flexibility index (Phi) is 4.00. The molecule has 0 spiro atoms. The van der Waals surface area contributed by atoms with Gasteiger partial charge < -0.3 is 14.9 Å². The number of aryl methyl sites for hydroxylation is 1. The fourth-order valence-corrected chi connectivity index (χ4v) is 2.84. The third-order valence-corrected chi connectivity index (χ3v) is 4.05. The summed E-state index contributed by atoms with van der Waals surface area (Å²) in [6.07, 6.45) is 0. The van der Waals surface area contributed by atoms with Crippen LogP contribution in [-0.2, 0) is 0 Å². The van der Waals surface area contributed by atoms with Gasteiger partial charge in [0.05, 0.1) is 5.69 Å². The van der Waals surface area contributed by atoms with Crippen molar-refractivity contribution in [1.29, 1.82) is 0 Å². The van der Waals surface area contributed by atoms with Crippen LogP contribution in [0.1, 0.15) is 15.9 Å². The molecule has 0 aromatic heterocycles. The number of phenolic OH excluding ortho intramolecular Hbond substituents is 1. The van der Waals surface area contributed by atoms with Crippen molar-refractivity contribution in [2.24, 2.45) is 0 Å². The highest BCUT2D eigenvalue weighted by Crippen LogP contribution is 2.27. The number of benzene rings is 2. The molecule has 1 heterocycles. The quantitative estimate of drug-likeness (QED) is 0.926. The maximum Gasteiger partial charge on any atom is 0.253 e. The minimum absolute atomic E-state index is 0.0839. The normalized spacial score (nSPS) is 15.0. The van der Waals surface area contributed by atoms with E-state index in [1.807, 2.05) is 54.3 Å². The molecular weight excluding hydrogens is 276 g/mol. The maximum atomic E-state index is 12.5. The van der Waals surface area contributed by atoms with Gasteiger partial charge in [-0.25, -0.2) is 0 Å². The molecule has 0 aliphatic carbocycles. The van der Waals surface area contributed by atoms with Gasteiger partial charge in [-0.1, -0.05) is 29.8 Å². The molecule has 4 heteroatoms. The maximum absolute atomic E-state index is 12.5. The zero-order valence-electron chi connectivity index (χ0n) is 12.7. The van der Waals surface area contributed by atoms with Crippen LogP contribution in [-0.4, -0.2) is 42.1 Å². The van der Waals surface area contributed by atoms with Gasteiger partial charge in [-0.2, -0.15) is 0 Å². The second kappa shape index (κ2) is 6.10. The second-order valence-corrected chi connectivity index (χ2v) is 5.64. The zero-order valence-corrected chi connectivity index (χ0v) is 12.7. The van der Waals surface area contributed by atoms with Gasteiger partial charge >= 0.3 is 0 Å². The summed E-state index contributed by atoms with van der Waals surface area (Å²) in [5.74, 6) is 0.376. The van der Waals surface area contributed by atoms with E-state index in [2.05, 4.69) is 4.90 Å². The highest BCUT2D eigenvalue weighted by molar-refractivity contribution is 5.94. The Hall–Kier alpha value is -2.49. The Morgan fingerprint density at radius 1 is 1.00 bits per heavy atom. The molecule has 1 amide bonds. The molecule has 3 rings (SSSR count). The van der Waals surface area contributed by atoms with Gasteiger partial charge in [0.2, 0.25) is 0 Å². The van der Waals surface area contributed by atoms with Gasteiger partial charge in [0.25, 0.3) is 5.91 Å². The number of amides is 1. The van der Waals surface area contributed by atoms with Crippen LogP contribution in [0.3, 0.4) is 0 Å². The lowest BCUT2D eigenvalue weighted by Gasteiger charge is -2.36. The molecule has 0 saturated carbocycles. The second-order valence-electron chi connectivity index (χ2n) is 5.64. The highest BCUT2D eigenvalue weighted by atomic mass is 16.3. The number of carbonyl (C=O) groups excluding carboxylic acids is 1. The highest BCUT2D eigenvalue weighted by Gasteiger charge is 2.23. The smallest absolute Gasteiger partial charge is 0.253 e. The minimum Gasteiger partial charge on any atom is -0.506 e. The van der Waals surface area contributed by atoms with E-state index < -0.39 is 0 Å². The first-order chi connectivity index (χ1) is 10.6. The van der Waals surface area contributed by atoms with E-state index in [1.54, 1.807) is 6.07 Å². The number of hydrogen-bond donors (Lipinski definition) is 1. The molecule has 2 aromatic rings. The van der Waals surface area contributed by atoms with Crippen LogP contribution in [0.25, 0.3) is 0 Å². The van der Waals surface area contributed by atoms with Crippen molar-refractivity contribution in [2.45, 2.75) is 6.92 Å². The van der Waals surface area contributed by atoms with Crippen LogP contribution in [0.15, 0.2) is 48.5 Å². The zero-order chi connectivity index (χ0) is 15.5. The Morgan fingerprint density at radius 2 is 1.73 bits per heavy atom. The fourth-order valence-electron chi connectivity index (χ4n) is 2.84. The lowest BCUT2D eigenvalue weighted by molar-refractivity contribution is 0.0746. The predicted octanol–water partition coefficient (Wildman–Crippen LogP) is 2.66. The Labute approximate surface area is 130 Å². The van der Waals surface area contributed by atoms with Crippen molar-refractivity contribution >= 4 is 11.6 Å². The molecule has 22 heavy (non-hydrogen) atoms. The van der Waals surface area contributed by atoms with E-state index in [0.717, 1.165) is 29.9 Å². The van der Waals surface area contributed by atoms with Crippen LogP contribution in [0.2, 0.25) is 0 Å². The van der Waals surface area contributed by atoms with Gasteiger partial charge in [0, 0.05) is 31.7 Å². The largest absolute Gasteiger partial charge is 0.506 e. The monoisotopic (exact) mass is 296 g/mol. The van der Waals surface area contributed by atoms with Gasteiger partial charge in [-0.15, -0.1) is 0 Å². The molecule has 2 aromatic carbocycles. The number of rotatable bonds is 2. The molecule has 0 atom stereocenters. The van der Waals surface area contributed by atoms with Crippen LogP contribution in [0, 0.1) is 6.92 Å². The molecule has 1 fully saturated rings. The first-order valence-corrected chi connectivity index (χ1v) is 7.54. The number of piperazine rings is 1. The molecule has 0 unspecified atom stereocenters. The molecule has 0 radical (unpaired) electrons. The van der Waals surface area contributed by atoms with E-state index in [-0.39, 0.29) is 5.91 Å². The molecule has 1 N–H and O–H groups in total. The number of para-hydroxylation sites is 2. The van der Waals surface area contributed by atoms with Gasteiger partial charge in [0.1, 0.15) is 5.75 Å². The first kappa shape index (κ1) is 14.4. The number of carbonyl (C=O) groups is 1. The summed E-state index contributed by atoms with van der Waals surface area (Å²) < 4.78 is 0. The predicted molar refractivity (Wildman–Crippen MR) is 87.4 cm³/mol. The lowest BCUT2D eigenvalue weighted by Crippen LogP contribution is -2.48. The summed E-state index contributed by atoms with van der Waals surface area (Å²) in [4.78, 5) is 16.5. The van der Waals surface area contributed by atoms with Crippen molar-refractivity contribution in [3.8, 4) is 5.75 Å². The van der Waals surface area contributed by atoms with E-state index in [4.69, 9.17) is 0 Å². The van der Waals surface area contributed by atoms with Gasteiger partial charge in [-0.05, 0) is 31.2 Å². The molecule has 1 aliphatic heterocycles. The Balaban J connectivity index is 1.67. The van der Waals surface area contributed by atoms with Crippen molar-refractivity contribution in [2.75, 3.05) is 31.1 Å². The third kappa shape index (κ3) is 2.91. The lowest BCUT2D eigenvalue weighted by atomic mass is 10.1. The topological polar surface area (TPSA) is 43.8 Å². The van der Waals surface area contributed by atoms with E-state index in [1.165, 1.54) is 0 Å². The molecule has 1 saturated heterocycles. The van der Waals surface area contributed by atoms with Crippen LogP contribution in [0.4, 0.5) is 5.69 Å². The SMILES string of the molecule is Cc1cccc(C(=O)N2CCN(c3ccccc3O)CC2)c1. The molecule has 114 valence electrons. The average molecular weight is 296 g/mol. The average Bonchev–Trinajstić information content (AvgIpc) is 2.55. The van der Waals surface area contributed by atoms with Crippen molar-refractivity contribution in [3.63, 3.8) is 0 Å². The number of nitrogens with zero attached hydrogens (tertiary/aromatic N) is 2. The number of phenols is 1. The summed E-state index contributed by atoms with van der Waals surface area (Å²) in [6, 6.07) is 15.0. The van der Waals surface area contributed by atoms with Gasteiger partial charge in [0.15, 0.2) is 0 Å². The van der Waals surface area contributed by atoms with Gasteiger partial charge in [-0.3, -0.25) is 4.79 Å². The summed E-state index contributed by atoms with van der Waals surface area (Å²) in [6.45, 7) is 4.79. The van der Waals surface area contributed by atoms with Crippen molar-refractivity contribution in [1.82, 2.24) is 4.90 Å². The third-order valence-electron chi connectivity index (χ3n) is 4.05. The summed E-state index contributed by atoms with van der Waals surface area (Å²) in [5.41, 5.74) is 2.68. The van der Waals surface area contributed by atoms with Crippen LogP contribution in [0.5, 0.6) is 5.75 Å². The van der Waals surface area contributed by atoms with E-state index >= 15 is 0 Å². The molecular formula is C18H20N2O2. The number of aromatic hydroxyl groups is 1. The van der Waals surface area contributed by atoms with Crippen molar-refractivity contribution in [3.05, 3.63) is 59.7 Å². The number of anilines is 1. The Bertz CT molecular complexity index is 676. The van der Waals surface area contributed by atoms with Crippen LogP contribution >= 0.6 is 0 Å². The summed E-state index contributed by atoms with van der Waals surface area (Å²) >= 11 is 0. The van der Waals surface area contributed by atoms with Crippen LogP contribution < -0.4 is 4.90 Å². The first-order valence-electron chi connectivity index (χ1n) is 7.54. The minimum atomic E-state index is 0.0839. The van der Waals surface area contributed by atoms with E-state index in [9.17, 15) is 9.90 Å². The molecule has 0 bridgehead atoms. The Morgan fingerprint density at radius 3 is 2.41 bits per heavy atom. The fraction of sp³-hybridized carbons (Fsp3) is 0.278. The molecule has 4 nitrogen and oxygen atoms in total. The van der Waals surface area contributed by atoms with Crippen molar-refractivity contribution < 1.29 is 9.90 Å².